The van der Waals surface area contributed by atoms with Crippen LogP contribution < -0.4 is 20.1 Å². The average Bonchev–Trinajstić information content (AvgIpc) is 2.58. The summed E-state index contributed by atoms with van der Waals surface area (Å²) in [7, 11) is 0. The molecule has 0 spiro atoms. The lowest BCUT2D eigenvalue weighted by molar-refractivity contribution is -0.133. The van der Waals surface area contributed by atoms with Crippen molar-refractivity contribution in [2.45, 2.75) is 26.9 Å². The number of para-hydroxylation sites is 4. The molecular formula is C19H22N2O4. The standard InChI is InChI=1S/C19H22N2O4/c1-4-24-16-11-7-5-9-14(16)20-18(22)19(23)21-15-10-6-8-12-17(15)25-13(2)3/h5-13H,4H2,1-3H3,(H,20,22)(H,21,23). The highest BCUT2D eigenvalue weighted by atomic mass is 16.5. The first-order chi connectivity index (χ1) is 12.0. The number of carbonyl (C=O) groups excluding carboxylic acids is 2. The molecule has 132 valence electrons. The smallest absolute Gasteiger partial charge is 0.314 e. The Kier molecular flexibility index (Phi) is 6.39. The number of ether oxygens (including phenoxy) is 2. The number of hydrogen-bond acceptors (Lipinski definition) is 4. The summed E-state index contributed by atoms with van der Waals surface area (Å²) in [5, 5.41) is 5.13. The Morgan fingerprint density at radius 1 is 0.880 bits per heavy atom. The molecule has 0 heterocycles. The average molecular weight is 342 g/mol. The van der Waals surface area contributed by atoms with E-state index >= 15 is 0 Å². The van der Waals surface area contributed by atoms with E-state index in [1.165, 1.54) is 0 Å². The second kappa shape index (κ2) is 8.73. The topological polar surface area (TPSA) is 76.7 Å². The number of anilines is 2. The van der Waals surface area contributed by atoms with Gasteiger partial charge >= 0.3 is 11.8 Å². The van der Waals surface area contributed by atoms with Crippen molar-refractivity contribution in [3.63, 3.8) is 0 Å². The summed E-state index contributed by atoms with van der Waals surface area (Å²) in [6.07, 6.45) is -0.0510. The van der Waals surface area contributed by atoms with E-state index in [0.29, 0.717) is 29.5 Å². The van der Waals surface area contributed by atoms with E-state index in [1.54, 1.807) is 48.5 Å². The van der Waals surface area contributed by atoms with Gasteiger partial charge in [-0.05, 0) is 45.0 Å². The van der Waals surface area contributed by atoms with Crippen LogP contribution in [0.3, 0.4) is 0 Å². The molecule has 0 aliphatic rings. The van der Waals surface area contributed by atoms with E-state index in [1.807, 2.05) is 20.8 Å². The van der Waals surface area contributed by atoms with Crippen LogP contribution in [0.5, 0.6) is 11.5 Å². The molecule has 2 aromatic carbocycles. The highest BCUT2D eigenvalue weighted by Crippen LogP contribution is 2.26. The largest absolute Gasteiger partial charge is 0.492 e. The monoisotopic (exact) mass is 342 g/mol. The maximum Gasteiger partial charge on any atom is 0.314 e. The molecule has 2 N–H and O–H groups in total. The fourth-order valence-corrected chi connectivity index (χ4v) is 2.14. The molecule has 0 aliphatic heterocycles. The van der Waals surface area contributed by atoms with E-state index in [4.69, 9.17) is 9.47 Å². The van der Waals surface area contributed by atoms with Crippen LogP contribution in [0.25, 0.3) is 0 Å². The van der Waals surface area contributed by atoms with Crippen LogP contribution in [0.4, 0.5) is 11.4 Å². The quantitative estimate of drug-likeness (QED) is 0.788. The van der Waals surface area contributed by atoms with Crippen LogP contribution in [0.2, 0.25) is 0 Å². The molecule has 2 amide bonds. The fraction of sp³-hybridized carbons (Fsp3) is 0.263. The summed E-state index contributed by atoms with van der Waals surface area (Å²) in [6, 6.07) is 13.9. The summed E-state index contributed by atoms with van der Waals surface area (Å²) in [5.74, 6) is -0.555. The lowest BCUT2D eigenvalue weighted by atomic mass is 10.2. The minimum Gasteiger partial charge on any atom is -0.492 e. The minimum atomic E-state index is -0.786. The third kappa shape index (κ3) is 5.24. The molecule has 0 fully saturated rings. The lowest BCUT2D eigenvalue weighted by Crippen LogP contribution is -2.29. The van der Waals surface area contributed by atoms with Crippen molar-refractivity contribution in [3.8, 4) is 11.5 Å². The first kappa shape index (κ1) is 18.3. The van der Waals surface area contributed by atoms with Crippen LogP contribution in [-0.4, -0.2) is 24.5 Å². The number of hydrogen-bond donors (Lipinski definition) is 2. The zero-order chi connectivity index (χ0) is 18.2. The Morgan fingerprint density at radius 2 is 1.36 bits per heavy atom. The summed E-state index contributed by atoms with van der Waals surface area (Å²) in [4.78, 5) is 24.4. The normalized spacial score (nSPS) is 10.2. The van der Waals surface area contributed by atoms with Gasteiger partial charge in [0.25, 0.3) is 0 Å². The van der Waals surface area contributed by atoms with Gasteiger partial charge in [-0.2, -0.15) is 0 Å². The number of nitrogens with one attached hydrogen (secondary N) is 2. The van der Waals surface area contributed by atoms with Crippen LogP contribution in [0.1, 0.15) is 20.8 Å². The molecule has 2 rings (SSSR count). The van der Waals surface area contributed by atoms with Crippen molar-refractivity contribution in [1.82, 2.24) is 0 Å². The number of rotatable bonds is 6. The Labute approximate surface area is 147 Å². The maximum absolute atomic E-state index is 12.2. The summed E-state index contributed by atoms with van der Waals surface area (Å²) in [6.45, 7) is 6.07. The zero-order valence-electron chi connectivity index (χ0n) is 14.5. The molecule has 0 saturated carbocycles. The zero-order valence-corrected chi connectivity index (χ0v) is 14.5. The van der Waals surface area contributed by atoms with Crippen molar-refractivity contribution in [3.05, 3.63) is 48.5 Å². The molecule has 0 aliphatic carbocycles. The fourth-order valence-electron chi connectivity index (χ4n) is 2.14. The van der Waals surface area contributed by atoms with E-state index < -0.39 is 11.8 Å². The van der Waals surface area contributed by atoms with E-state index in [-0.39, 0.29) is 6.10 Å². The maximum atomic E-state index is 12.2. The van der Waals surface area contributed by atoms with Gasteiger partial charge in [0.15, 0.2) is 0 Å². The molecule has 25 heavy (non-hydrogen) atoms. The summed E-state index contributed by atoms with van der Waals surface area (Å²) >= 11 is 0. The van der Waals surface area contributed by atoms with E-state index in [2.05, 4.69) is 10.6 Å². The van der Waals surface area contributed by atoms with Gasteiger partial charge in [-0.3, -0.25) is 9.59 Å². The van der Waals surface area contributed by atoms with Gasteiger partial charge in [0.2, 0.25) is 0 Å². The van der Waals surface area contributed by atoms with Gasteiger partial charge in [0, 0.05) is 0 Å². The second-order valence-electron chi connectivity index (χ2n) is 5.50. The van der Waals surface area contributed by atoms with Crippen LogP contribution >= 0.6 is 0 Å². The Bertz CT molecular complexity index is 744. The molecule has 0 bridgehead atoms. The van der Waals surface area contributed by atoms with Gasteiger partial charge in [0.1, 0.15) is 11.5 Å². The molecule has 0 unspecified atom stereocenters. The van der Waals surface area contributed by atoms with Crippen molar-refractivity contribution in [2.75, 3.05) is 17.2 Å². The van der Waals surface area contributed by atoms with Crippen LogP contribution in [-0.2, 0) is 9.59 Å². The first-order valence-corrected chi connectivity index (χ1v) is 8.11. The molecule has 6 nitrogen and oxygen atoms in total. The molecule has 0 aromatic heterocycles. The summed E-state index contributed by atoms with van der Waals surface area (Å²) < 4.78 is 11.1. The third-order valence-corrected chi connectivity index (χ3v) is 3.14. The molecular weight excluding hydrogens is 320 g/mol. The minimum absolute atomic E-state index is 0.0510. The van der Waals surface area contributed by atoms with Gasteiger partial charge < -0.3 is 20.1 Å². The predicted octanol–water partition coefficient (Wildman–Crippen LogP) is 3.45. The number of benzene rings is 2. The highest BCUT2D eigenvalue weighted by molar-refractivity contribution is 6.43. The molecule has 0 atom stereocenters. The predicted molar refractivity (Wildman–Crippen MR) is 97.1 cm³/mol. The number of amides is 2. The van der Waals surface area contributed by atoms with E-state index in [0.717, 1.165) is 0 Å². The van der Waals surface area contributed by atoms with Gasteiger partial charge in [-0.1, -0.05) is 24.3 Å². The molecule has 0 radical (unpaired) electrons. The van der Waals surface area contributed by atoms with Crippen LogP contribution in [0.15, 0.2) is 48.5 Å². The van der Waals surface area contributed by atoms with Gasteiger partial charge in [-0.15, -0.1) is 0 Å². The summed E-state index contributed by atoms with van der Waals surface area (Å²) in [5.41, 5.74) is 0.880. The lowest BCUT2D eigenvalue weighted by Gasteiger charge is -2.15. The Balaban J connectivity index is 2.08. The highest BCUT2D eigenvalue weighted by Gasteiger charge is 2.18. The van der Waals surface area contributed by atoms with Crippen molar-refractivity contribution >= 4 is 23.2 Å². The molecule has 2 aromatic rings. The van der Waals surface area contributed by atoms with Crippen molar-refractivity contribution in [2.24, 2.45) is 0 Å². The molecule has 0 saturated heterocycles. The second-order valence-corrected chi connectivity index (χ2v) is 5.50. The first-order valence-electron chi connectivity index (χ1n) is 8.11. The Morgan fingerprint density at radius 3 is 1.88 bits per heavy atom. The van der Waals surface area contributed by atoms with Gasteiger partial charge in [-0.25, -0.2) is 0 Å². The number of carbonyl (C=O) groups is 2. The Hall–Kier alpha value is -3.02. The SMILES string of the molecule is CCOc1ccccc1NC(=O)C(=O)Nc1ccccc1OC(C)C. The third-order valence-electron chi connectivity index (χ3n) is 3.14. The van der Waals surface area contributed by atoms with E-state index in [9.17, 15) is 9.59 Å². The van der Waals surface area contributed by atoms with Crippen molar-refractivity contribution < 1.29 is 19.1 Å². The van der Waals surface area contributed by atoms with Gasteiger partial charge in [0.05, 0.1) is 24.1 Å². The van der Waals surface area contributed by atoms with Crippen molar-refractivity contribution in [1.29, 1.82) is 0 Å². The van der Waals surface area contributed by atoms with Crippen LogP contribution in [0, 0.1) is 0 Å². The molecule has 6 heteroatoms.